The molecular formula is C16H32N2. The molecule has 2 saturated carbocycles. The maximum Gasteiger partial charge on any atom is 0.0334 e. The van der Waals surface area contributed by atoms with Crippen LogP contribution in [-0.2, 0) is 0 Å². The first-order chi connectivity index (χ1) is 8.61. The minimum atomic E-state index is 0.344. The van der Waals surface area contributed by atoms with E-state index in [4.69, 9.17) is 5.73 Å². The van der Waals surface area contributed by atoms with E-state index in [1.807, 2.05) is 0 Å². The average molecular weight is 252 g/mol. The zero-order valence-corrected chi connectivity index (χ0v) is 12.6. The van der Waals surface area contributed by atoms with Gasteiger partial charge < -0.3 is 5.73 Å². The summed E-state index contributed by atoms with van der Waals surface area (Å²) in [5.74, 6) is 1.72. The standard InChI is InChI=1S/C16H32N2/c1-4-14-7-9-16(12-17,10-8-14)18(11-13(2)3)15-5-6-15/h13-15H,4-12,17H2,1-3H3. The molecule has 2 rings (SSSR count). The Bertz CT molecular complexity index is 250. The summed E-state index contributed by atoms with van der Waals surface area (Å²) >= 11 is 0. The Labute approximate surface area is 113 Å². The second kappa shape index (κ2) is 5.92. The molecule has 106 valence electrons. The van der Waals surface area contributed by atoms with Gasteiger partial charge in [-0.3, -0.25) is 4.90 Å². The Hall–Kier alpha value is -0.0800. The van der Waals surface area contributed by atoms with Crippen molar-refractivity contribution < 1.29 is 0 Å². The van der Waals surface area contributed by atoms with Crippen molar-refractivity contribution in [1.29, 1.82) is 0 Å². The van der Waals surface area contributed by atoms with E-state index in [-0.39, 0.29) is 0 Å². The molecule has 2 nitrogen and oxygen atoms in total. The van der Waals surface area contributed by atoms with Crippen LogP contribution in [0.3, 0.4) is 0 Å². The van der Waals surface area contributed by atoms with Crippen molar-refractivity contribution in [3.05, 3.63) is 0 Å². The molecule has 0 aromatic carbocycles. The van der Waals surface area contributed by atoms with Crippen molar-refractivity contribution >= 4 is 0 Å². The lowest BCUT2D eigenvalue weighted by Gasteiger charge is -2.48. The van der Waals surface area contributed by atoms with Gasteiger partial charge in [0.2, 0.25) is 0 Å². The fourth-order valence-electron chi connectivity index (χ4n) is 3.74. The van der Waals surface area contributed by atoms with E-state index in [0.717, 1.165) is 24.4 Å². The first-order valence-corrected chi connectivity index (χ1v) is 8.08. The summed E-state index contributed by atoms with van der Waals surface area (Å²) in [4.78, 5) is 2.81. The third-order valence-corrected chi connectivity index (χ3v) is 5.15. The highest BCUT2D eigenvalue weighted by atomic mass is 15.3. The van der Waals surface area contributed by atoms with E-state index < -0.39 is 0 Å². The number of rotatable bonds is 6. The summed E-state index contributed by atoms with van der Waals surface area (Å²) in [5, 5.41) is 0. The van der Waals surface area contributed by atoms with Crippen LogP contribution >= 0.6 is 0 Å². The first-order valence-electron chi connectivity index (χ1n) is 8.08. The molecule has 0 aromatic rings. The fourth-order valence-corrected chi connectivity index (χ4v) is 3.74. The monoisotopic (exact) mass is 252 g/mol. The van der Waals surface area contributed by atoms with E-state index in [1.54, 1.807) is 0 Å². The van der Waals surface area contributed by atoms with Crippen molar-refractivity contribution in [3.8, 4) is 0 Å². The van der Waals surface area contributed by atoms with E-state index in [9.17, 15) is 0 Å². The molecule has 0 amide bonds. The molecule has 0 spiro atoms. The molecule has 0 saturated heterocycles. The number of hydrogen-bond donors (Lipinski definition) is 1. The Kier molecular flexibility index (Phi) is 4.71. The number of nitrogens with zero attached hydrogens (tertiary/aromatic N) is 1. The van der Waals surface area contributed by atoms with Crippen LogP contribution in [0.5, 0.6) is 0 Å². The quantitative estimate of drug-likeness (QED) is 0.785. The van der Waals surface area contributed by atoms with E-state index in [2.05, 4.69) is 25.7 Å². The van der Waals surface area contributed by atoms with Crippen LogP contribution in [-0.4, -0.2) is 29.6 Å². The molecule has 0 unspecified atom stereocenters. The molecule has 0 heterocycles. The minimum Gasteiger partial charge on any atom is -0.329 e. The highest BCUT2D eigenvalue weighted by Crippen LogP contribution is 2.42. The third-order valence-electron chi connectivity index (χ3n) is 5.15. The van der Waals surface area contributed by atoms with Gasteiger partial charge in [-0.25, -0.2) is 0 Å². The molecule has 2 aliphatic carbocycles. The smallest absolute Gasteiger partial charge is 0.0334 e. The van der Waals surface area contributed by atoms with Crippen LogP contribution in [0, 0.1) is 11.8 Å². The lowest BCUT2D eigenvalue weighted by molar-refractivity contribution is 0.0254. The Morgan fingerprint density at radius 3 is 2.17 bits per heavy atom. The second-order valence-corrected chi connectivity index (χ2v) is 7.06. The van der Waals surface area contributed by atoms with Gasteiger partial charge in [-0.2, -0.15) is 0 Å². The fraction of sp³-hybridized carbons (Fsp3) is 1.00. The highest BCUT2D eigenvalue weighted by molar-refractivity contribution is 5.01. The summed E-state index contributed by atoms with van der Waals surface area (Å²) in [6, 6.07) is 0.856. The van der Waals surface area contributed by atoms with Gasteiger partial charge in [0.15, 0.2) is 0 Å². The molecule has 2 fully saturated rings. The van der Waals surface area contributed by atoms with Gasteiger partial charge in [-0.1, -0.05) is 27.2 Å². The molecule has 0 aromatic heterocycles. The predicted molar refractivity (Wildman–Crippen MR) is 78.6 cm³/mol. The molecule has 0 bridgehead atoms. The Morgan fingerprint density at radius 1 is 1.17 bits per heavy atom. The summed E-state index contributed by atoms with van der Waals surface area (Å²) in [6.45, 7) is 9.15. The second-order valence-electron chi connectivity index (χ2n) is 7.06. The summed E-state index contributed by atoms with van der Waals surface area (Å²) < 4.78 is 0. The van der Waals surface area contributed by atoms with Crippen LogP contribution < -0.4 is 5.73 Å². The number of nitrogens with two attached hydrogens (primary N) is 1. The topological polar surface area (TPSA) is 29.3 Å². The predicted octanol–water partition coefficient (Wildman–Crippen LogP) is 3.40. The molecule has 0 atom stereocenters. The summed E-state index contributed by atoms with van der Waals surface area (Å²) in [5.41, 5.74) is 6.57. The van der Waals surface area contributed by atoms with Gasteiger partial charge in [0.25, 0.3) is 0 Å². The van der Waals surface area contributed by atoms with Gasteiger partial charge in [0, 0.05) is 24.7 Å². The van der Waals surface area contributed by atoms with Crippen molar-refractivity contribution in [2.75, 3.05) is 13.1 Å². The number of hydrogen-bond acceptors (Lipinski definition) is 2. The maximum atomic E-state index is 6.23. The normalized spacial score (nSPS) is 33.3. The molecule has 2 aliphatic rings. The zero-order chi connectivity index (χ0) is 13.2. The van der Waals surface area contributed by atoms with E-state index >= 15 is 0 Å². The van der Waals surface area contributed by atoms with Gasteiger partial charge in [0.05, 0.1) is 0 Å². The van der Waals surface area contributed by atoms with Crippen LogP contribution in [0.15, 0.2) is 0 Å². The van der Waals surface area contributed by atoms with Crippen LogP contribution in [0.25, 0.3) is 0 Å². The van der Waals surface area contributed by atoms with Gasteiger partial charge in [-0.05, 0) is 50.4 Å². The molecule has 0 aliphatic heterocycles. The van der Waals surface area contributed by atoms with Gasteiger partial charge in [0.1, 0.15) is 0 Å². The Morgan fingerprint density at radius 2 is 1.78 bits per heavy atom. The van der Waals surface area contributed by atoms with Crippen LogP contribution in [0.2, 0.25) is 0 Å². The molecule has 0 radical (unpaired) electrons. The third kappa shape index (κ3) is 3.08. The van der Waals surface area contributed by atoms with Gasteiger partial charge in [-0.15, -0.1) is 0 Å². The summed E-state index contributed by atoms with van der Waals surface area (Å²) in [7, 11) is 0. The SMILES string of the molecule is CCC1CCC(CN)(N(CC(C)C)C2CC2)CC1. The molecular weight excluding hydrogens is 220 g/mol. The zero-order valence-electron chi connectivity index (χ0n) is 12.6. The van der Waals surface area contributed by atoms with Crippen molar-refractivity contribution in [2.24, 2.45) is 17.6 Å². The van der Waals surface area contributed by atoms with Crippen molar-refractivity contribution in [1.82, 2.24) is 4.90 Å². The van der Waals surface area contributed by atoms with Crippen LogP contribution in [0.4, 0.5) is 0 Å². The summed E-state index contributed by atoms with van der Waals surface area (Å²) in [6.07, 6.45) is 9.64. The molecule has 2 N–H and O–H groups in total. The molecule has 2 heteroatoms. The first kappa shape index (κ1) is 14.3. The minimum absolute atomic E-state index is 0.344. The van der Waals surface area contributed by atoms with E-state index in [0.29, 0.717) is 5.54 Å². The average Bonchev–Trinajstić information content (AvgIpc) is 3.20. The highest BCUT2D eigenvalue weighted by Gasteiger charge is 2.45. The van der Waals surface area contributed by atoms with Crippen molar-refractivity contribution in [3.63, 3.8) is 0 Å². The van der Waals surface area contributed by atoms with E-state index in [1.165, 1.54) is 51.5 Å². The van der Waals surface area contributed by atoms with Gasteiger partial charge >= 0.3 is 0 Å². The van der Waals surface area contributed by atoms with Crippen molar-refractivity contribution in [2.45, 2.75) is 77.3 Å². The maximum absolute atomic E-state index is 6.23. The van der Waals surface area contributed by atoms with Crippen LogP contribution in [0.1, 0.15) is 65.7 Å². The lowest BCUT2D eigenvalue weighted by Crippen LogP contribution is -2.57. The molecule has 18 heavy (non-hydrogen) atoms. The lowest BCUT2D eigenvalue weighted by atomic mass is 9.74. The Balaban J connectivity index is 2.04. The largest absolute Gasteiger partial charge is 0.329 e.